The van der Waals surface area contributed by atoms with Gasteiger partial charge in [0.05, 0.1) is 0 Å². The molecule has 1 aromatic carbocycles. The average Bonchev–Trinajstić information content (AvgIpc) is 2.84. The van der Waals surface area contributed by atoms with E-state index in [9.17, 15) is 10.2 Å². The van der Waals surface area contributed by atoms with Crippen LogP contribution >= 0.6 is 0 Å². The van der Waals surface area contributed by atoms with Crippen LogP contribution in [0.3, 0.4) is 0 Å². The van der Waals surface area contributed by atoms with Gasteiger partial charge in [0, 0.05) is 0 Å². The SMILES string of the molecule is CC1(C)O[C@@H]2O[C@H]([C@H](O)c3ccccc3)[C@H](O)[C@H]2O1. The second kappa shape index (κ2) is 4.54. The first-order valence-corrected chi connectivity index (χ1v) is 6.40. The Hall–Kier alpha value is -0.980. The second-order valence-corrected chi connectivity index (χ2v) is 5.42. The van der Waals surface area contributed by atoms with Gasteiger partial charge in [-0.05, 0) is 19.4 Å². The van der Waals surface area contributed by atoms with Crippen LogP contribution in [0.2, 0.25) is 0 Å². The Labute approximate surface area is 111 Å². The van der Waals surface area contributed by atoms with Crippen LogP contribution in [-0.4, -0.2) is 40.6 Å². The molecule has 1 aromatic rings. The molecule has 2 saturated heterocycles. The van der Waals surface area contributed by atoms with Gasteiger partial charge in [0.25, 0.3) is 0 Å². The van der Waals surface area contributed by atoms with Crippen LogP contribution in [0.4, 0.5) is 0 Å². The van der Waals surface area contributed by atoms with E-state index in [1.807, 2.05) is 18.2 Å². The fraction of sp³-hybridized carbons (Fsp3) is 0.571. The minimum absolute atomic E-state index is 0.557. The summed E-state index contributed by atoms with van der Waals surface area (Å²) in [4.78, 5) is 0. The van der Waals surface area contributed by atoms with Crippen molar-refractivity contribution in [3.63, 3.8) is 0 Å². The highest BCUT2D eigenvalue weighted by Crippen LogP contribution is 2.40. The third-order valence-electron chi connectivity index (χ3n) is 3.50. The van der Waals surface area contributed by atoms with Crippen molar-refractivity contribution >= 4 is 0 Å². The second-order valence-electron chi connectivity index (χ2n) is 5.42. The van der Waals surface area contributed by atoms with Crippen LogP contribution in [0, 0.1) is 0 Å². The zero-order valence-corrected chi connectivity index (χ0v) is 10.9. The number of hydrogen-bond acceptors (Lipinski definition) is 5. The van der Waals surface area contributed by atoms with Crippen molar-refractivity contribution in [2.24, 2.45) is 0 Å². The molecule has 0 spiro atoms. The molecule has 5 atom stereocenters. The zero-order valence-electron chi connectivity index (χ0n) is 10.9. The Bertz CT molecular complexity index is 446. The number of aliphatic hydroxyl groups excluding tert-OH is 2. The van der Waals surface area contributed by atoms with Crippen LogP contribution in [0.5, 0.6) is 0 Å². The smallest absolute Gasteiger partial charge is 0.190 e. The summed E-state index contributed by atoms with van der Waals surface area (Å²) in [5.41, 5.74) is 0.700. The maximum atomic E-state index is 10.3. The Morgan fingerprint density at radius 2 is 1.84 bits per heavy atom. The number of aliphatic hydroxyl groups is 2. The number of fused-ring (bicyclic) bond motifs is 1. The van der Waals surface area contributed by atoms with E-state index in [-0.39, 0.29) is 0 Å². The van der Waals surface area contributed by atoms with E-state index in [2.05, 4.69) is 0 Å². The quantitative estimate of drug-likeness (QED) is 0.834. The van der Waals surface area contributed by atoms with Gasteiger partial charge in [-0.1, -0.05) is 30.3 Å². The van der Waals surface area contributed by atoms with Crippen LogP contribution in [0.1, 0.15) is 25.5 Å². The highest BCUT2D eigenvalue weighted by molar-refractivity contribution is 5.19. The van der Waals surface area contributed by atoms with E-state index in [0.29, 0.717) is 5.56 Å². The van der Waals surface area contributed by atoms with E-state index in [1.54, 1.807) is 26.0 Å². The molecule has 2 aliphatic heterocycles. The Morgan fingerprint density at radius 1 is 1.16 bits per heavy atom. The molecule has 0 amide bonds. The average molecular weight is 266 g/mol. The van der Waals surface area contributed by atoms with Gasteiger partial charge >= 0.3 is 0 Å². The number of rotatable bonds is 2. The number of ether oxygens (including phenoxy) is 3. The fourth-order valence-electron chi connectivity index (χ4n) is 2.62. The van der Waals surface area contributed by atoms with E-state index in [4.69, 9.17) is 14.2 Å². The minimum atomic E-state index is -0.915. The van der Waals surface area contributed by atoms with Crippen LogP contribution < -0.4 is 0 Å². The predicted octanol–water partition coefficient (Wildman–Crippen LogP) is 0.957. The van der Waals surface area contributed by atoms with Gasteiger partial charge in [-0.25, -0.2) is 0 Å². The molecule has 5 nitrogen and oxygen atoms in total. The van der Waals surface area contributed by atoms with Crippen molar-refractivity contribution in [2.45, 2.75) is 50.3 Å². The molecule has 2 aliphatic rings. The molecule has 0 bridgehead atoms. The Kier molecular flexibility index (Phi) is 3.11. The zero-order chi connectivity index (χ0) is 13.6. The molecular formula is C14H18O5. The van der Waals surface area contributed by atoms with Gasteiger partial charge in [0.2, 0.25) is 0 Å². The lowest BCUT2D eigenvalue weighted by Crippen LogP contribution is -2.37. The number of benzene rings is 1. The molecule has 5 heteroatoms. The lowest BCUT2D eigenvalue weighted by Gasteiger charge is -2.26. The van der Waals surface area contributed by atoms with Crippen molar-refractivity contribution < 1.29 is 24.4 Å². The summed E-state index contributed by atoms with van der Waals surface area (Å²) in [6.07, 6.45) is -3.75. The molecule has 0 aromatic heterocycles. The lowest BCUT2D eigenvalue weighted by molar-refractivity contribution is -0.226. The summed E-state index contributed by atoms with van der Waals surface area (Å²) < 4.78 is 16.7. The van der Waals surface area contributed by atoms with Crippen LogP contribution in [-0.2, 0) is 14.2 Å². The predicted molar refractivity (Wildman–Crippen MR) is 66.1 cm³/mol. The van der Waals surface area contributed by atoms with Crippen LogP contribution in [0.15, 0.2) is 30.3 Å². The van der Waals surface area contributed by atoms with E-state index in [0.717, 1.165) is 0 Å². The molecule has 2 N–H and O–H groups in total. The highest BCUT2D eigenvalue weighted by atomic mass is 16.8. The van der Waals surface area contributed by atoms with Crippen molar-refractivity contribution in [3.8, 4) is 0 Å². The van der Waals surface area contributed by atoms with E-state index < -0.39 is 36.5 Å². The first kappa shape index (κ1) is 13.0. The summed E-state index contributed by atoms with van der Waals surface area (Å²) in [6.45, 7) is 3.54. The maximum Gasteiger partial charge on any atom is 0.190 e. The summed E-state index contributed by atoms with van der Waals surface area (Å²) in [5, 5.41) is 20.5. The molecule has 0 unspecified atom stereocenters. The minimum Gasteiger partial charge on any atom is -0.387 e. The van der Waals surface area contributed by atoms with Crippen molar-refractivity contribution in [2.75, 3.05) is 0 Å². The molecule has 2 fully saturated rings. The summed E-state index contributed by atoms with van der Waals surface area (Å²) in [6, 6.07) is 9.11. The topological polar surface area (TPSA) is 68.2 Å². The van der Waals surface area contributed by atoms with Gasteiger partial charge < -0.3 is 24.4 Å². The van der Waals surface area contributed by atoms with Crippen molar-refractivity contribution in [1.29, 1.82) is 0 Å². The van der Waals surface area contributed by atoms with Gasteiger partial charge in [-0.3, -0.25) is 0 Å². The monoisotopic (exact) mass is 266 g/mol. The molecule has 0 saturated carbocycles. The van der Waals surface area contributed by atoms with Gasteiger partial charge in [0.15, 0.2) is 12.1 Å². The largest absolute Gasteiger partial charge is 0.387 e. The normalized spacial score (nSPS) is 38.1. The van der Waals surface area contributed by atoms with Crippen molar-refractivity contribution in [1.82, 2.24) is 0 Å². The molecule has 0 radical (unpaired) electrons. The third-order valence-corrected chi connectivity index (χ3v) is 3.50. The maximum absolute atomic E-state index is 10.3. The van der Waals surface area contributed by atoms with Gasteiger partial charge in [-0.15, -0.1) is 0 Å². The van der Waals surface area contributed by atoms with Crippen LogP contribution in [0.25, 0.3) is 0 Å². The first-order chi connectivity index (χ1) is 8.98. The number of hydrogen-bond donors (Lipinski definition) is 2. The highest BCUT2D eigenvalue weighted by Gasteiger charge is 2.56. The molecule has 0 aliphatic carbocycles. The molecule has 2 heterocycles. The van der Waals surface area contributed by atoms with Crippen molar-refractivity contribution in [3.05, 3.63) is 35.9 Å². The van der Waals surface area contributed by atoms with Gasteiger partial charge in [0.1, 0.15) is 24.4 Å². The molecular weight excluding hydrogens is 248 g/mol. The lowest BCUT2D eigenvalue weighted by atomic mass is 9.99. The summed E-state index contributed by atoms with van der Waals surface area (Å²) >= 11 is 0. The molecule has 19 heavy (non-hydrogen) atoms. The Balaban J connectivity index is 1.75. The van der Waals surface area contributed by atoms with Gasteiger partial charge in [-0.2, -0.15) is 0 Å². The first-order valence-electron chi connectivity index (χ1n) is 6.40. The van der Waals surface area contributed by atoms with E-state index in [1.165, 1.54) is 0 Å². The summed E-state index contributed by atoms with van der Waals surface area (Å²) in [5.74, 6) is -0.765. The molecule has 3 rings (SSSR count). The summed E-state index contributed by atoms with van der Waals surface area (Å²) in [7, 11) is 0. The Morgan fingerprint density at radius 3 is 2.47 bits per heavy atom. The standard InChI is InChI=1S/C14H18O5/c1-14(2)18-12-10(16)11(17-13(12)19-14)9(15)8-6-4-3-5-7-8/h3-7,9-13,15-16H,1-2H3/t9-,10+,11-,12-,13+/m1/s1. The van der Waals surface area contributed by atoms with E-state index >= 15 is 0 Å². The third kappa shape index (κ3) is 2.28. The fourth-order valence-corrected chi connectivity index (χ4v) is 2.62. The molecule has 104 valence electrons.